The van der Waals surface area contributed by atoms with E-state index in [2.05, 4.69) is 9.88 Å². The molecule has 0 saturated carbocycles. The third-order valence-corrected chi connectivity index (χ3v) is 6.08. The molecule has 0 aliphatic carbocycles. The lowest BCUT2D eigenvalue weighted by atomic mass is 10.1. The summed E-state index contributed by atoms with van der Waals surface area (Å²) in [5.41, 5.74) is 2.56. The summed E-state index contributed by atoms with van der Waals surface area (Å²) in [6.07, 6.45) is 2.80. The predicted octanol–water partition coefficient (Wildman–Crippen LogP) is 4.43. The Morgan fingerprint density at radius 3 is 2.62 bits per heavy atom. The number of aromatic nitrogens is 3. The van der Waals surface area contributed by atoms with Crippen LogP contribution < -0.4 is 4.90 Å². The molecule has 0 radical (unpaired) electrons. The van der Waals surface area contributed by atoms with Crippen LogP contribution in [0, 0.1) is 11.6 Å². The summed E-state index contributed by atoms with van der Waals surface area (Å²) in [5, 5.41) is 0.0653. The molecule has 34 heavy (non-hydrogen) atoms. The third kappa shape index (κ3) is 3.66. The van der Waals surface area contributed by atoms with Gasteiger partial charge in [-0.1, -0.05) is 6.92 Å². The summed E-state index contributed by atoms with van der Waals surface area (Å²) < 4.78 is 41.9. The number of carbonyl (C=O) groups excluding carboxylic acids is 1. The highest BCUT2D eigenvalue weighted by Gasteiger charge is 2.24. The highest BCUT2D eigenvalue weighted by molar-refractivity contribution is 6.05. The van der Waals surface area contributed by atoms with E-state index >= 15 is 4.39 Å². The van der Waals surface area contributed by atoms with Crippen molar-refractivity contribution in [2.45, 2.75) is 19.8 Å². The van der Waals surface area contributed by atoms with E-state index in [-0.39, 0.29) is 10.9 Å². The number of halogens is 2. The molecule has 1 fully saturated rings. The lowest BCUT2D eigenvalue weighted by molar-refractivity contribution is 0.0603. The number of fused-ring (bicyclic) bond motifs is 2. The van der Waals surface area contributed by atoms with Gasteiger partial charge in [-0.3, -0.25) is 9.55 Å². The second kappa shape index (κ2) is 8.98. The number of anilines is 1. The van der Waals surface area contributed by atoms with Gasteiger partial charge in [0.25, 0.3) is 0 Å². The lowest BCUT2D eigenvalue weighted by Gasteiger charge is -2.29. The van der Waals surface area contributed by atoms with E-state index in [4.69, 9.17) is 14.5 Å². The van der Waals surface area contributed by atoms with Gasteiger partial charge in [0.1, 0.15) is 28.5 Å². The van der Waals surface area contributed by atoms with Gasteiger partial charge in [0.15, 0.2) is 0 Å². The quantitative estimate of drug-likeness (QED) is 0.406. The summed E-state index contributed by atoms with van der Waals surface area (Å²) in [5.74, 6) is -1.06. The largest absolute Gasteiger partial charge is 0.465 e. The van der Waals surface area contributed by atoms with Crippen LogP contribution in [-0.4, -0.2) is 53.9 Å². The van der Waals surface area contributed by atoms with E-state index in [0.717, 1.165) is 24.2 Å². The smallest absolute Gasteiger partial charge is 0.340 e. The second-order valence-electron chi connectivity index (χ2n) is 8.15. The maximum atomic E-state index is 15.0. The molecule has 7 nitrogen and oxygen atoms in total. The van der Waals surface area contributed by atoms with Crippen LogP contribution in [0.15, 0.2) is 36.5 Å². The third-order valence-electron chi connectivity index (χ3n) is 6.08. The van der Waals surface area contributed by atoms with E-state index in [9.17, 15) is 9.18 Å². The highest BCUT2D eigenvalue weighted by atomic mass is 19.1. The zero-order valence-corrected chi connectivity index (χ0v) is 19.0. The highest BCUT2D eigenvalue weighted by Crippen LogP contribution is 2.34. The summed E-state index contributed by atoms with van der Waals surface area (Å²) in [7, 11) is 1.33. The van der Waals surface area contributed by atoms with Crippen LogP contribution in [0.4, 0.5) is 14.5 Å². The topological polar surface area (TPSA) is 69.5 Å². The van der Waals surface area contributed by atoms with Crippen molar-refractivity contribution in [1.29, 1.82) is 0 Å². The van der Waals surface area contributed by atoms with Crippen molar-refractivity contribution < 1.29 is 23.0 Å². The number of ether oxygens (including phenoxy) is 2. The van der Waals surface area contributed by atoms with E-state index < -0.39 is 17.6 Å². The average molecular weight is 466 g/mol. The van der Waals surface area contributed by atoms with Crippen LogP contribution in [0.2, 0.25) is 0 Å². The van der Waals surface area contributed by atoms with Gasteiger partial charge in [-0.15, -0.1) is 0 Å². The molecule has 1 saturated heterocycles. The Balaban J connectivity index is 1.86. The molecule has 0 N–H and O–H groups in total. The Labute approximate surface area is 194 Å². The molecule has 4 aromatic rings. The van der Waals surface area contributed by atoms with Gasteiger partial charge in [0.05, 0.1) is 42.5 Å². The molecule has 9 heteroatoms. The molecular formula is C25H24F2N4O3. The monoisotopic (exact) mass is 466 g/mol. The first-order valence-electron chi connectivity index (χ1n) is 11.2. The van der Waals surface area contributed by atoms with E-state index in [1.54, 1.807) is 12.1 Å². The Hall–Kier alpha value is -3.59. The number of morpholine rings is 1. The average Bonchev–Trinajstić information content (AvgIpc) is 3.23. The molecule has 0 atom stereocenters. The van der Waals surface area contributed by atoms with Crippen molar-refractivity contribution in [3.8, 4) is 5.69 Å². The molecular weight excluding hydrogens is 442 g/mol. The number of hydrogen-bond donors (Lipinski definition) is 0. The Bertz CT molecular complexity index is 1400. The van der Waals surface area contributed by atoms with Crippen molar-refractivity contribution >= 4 is 33.6 Å². The first kappa shape index (κ1) is 22.2. The molecule has 2 aromatic carbocycles. The summed E-state index contributed by atoms with van der Waals surface area (Å²) in [4.78, 5) is 23.7. The first-order chi connectivity index (χ1) is 16.5. The minimum absolute atomic E-state index is 0.0562. The van der Waals surface area contributed by atoms with Crippen molar-refractivity contribution in [3.05, 3.63) is 59.6 Å². The summed E-state index contributed by atoms with van der Waals surface area (Å²) >= 11 is 0. The van der Waals surface area contributed by atoms with Gasteiger partial charge < -0.3 is 14.4 Å². The maximum absolute atomic E-state index is 15.0. The zero-order valence-electron chi connectivity index (χ0n) is 19.0. The van der Waals surface area contributed by atoms with Crippen molar-refractivity contribution in [3.63, 3.8) is 0 Å². The van der Waals surface area contributed by atoms with Gasteiger partial charge in [-0.25, -0.2) is 18.6 Å². The fourth-order valence-electron chi connectivity index (χ4n) is 4.50. The number of rotatable bonds is 5. The lowest BCUT2D eigenvalue weighted by Crippen LogP contribution is -2.36. The molecule has 0 amide bonds. The predicted molar refractivity (Wildman–Crippen MR) is 125 cm³/mol. The maximum Gasteiger partial charge on any atom is 0.340 e. The fourth-order valence-corrected chi connectivity index (χ4v) is 4.50. The summed E-state index contributed by atoms with van der Waals surface area (Å²) in [6.45, 7) is 4.49. The molecule has 0 spiro atoms. The van der Waals surface area contributed by atoms with Gasteiger partial charge >= 0.3 is 5.97 Å². The standard InChI is InChI=1S/C25H24F2N4O3/c1-3-4-21-29-23-16(25(32)33-2)13-15(30-9-11-34-12-10-30)14-20(23)31(21)19-7-8-28-24-18(27)6-5-17(26)22(19)24/h5-8,13-14H,3-4,9-12H2,1-2H3. The van der Waals surface area contributed by atoms with Gasteiger partial charge in [0, 0.05) is 31.4 Å². The number of hydrogen-bond acceptors (Lipinski definition) is 6. The molecule has 176 valence electrons. The van der Waals surface area contributed by atoms with Gasteiger partial charge in [0.2, 0.25) is 0 Å². The number of imidazole rings is 1. The van der Waals surface area contributed by atoms with E-state index in [1.807, 2.05) is 17.6 Å². The number of pyridine rings is 1. The summed E-state index contributed by atoms with van der Waals surface area (Å²) in [6, 6.07) is 7.52. The van der Waals surface area contributed by atoms with Crippen LogP contribution >= 0.6 is 0 Å². The van der Waals surface area contributed by atoms with E-state index in [0.29, 0.717) is 60.8 Å². The normalized spacial score (nSPS) is 14.2. The minimum Gasteiger partial charge on any atom is -0.465 e. The Morgan fingerprint density at radius 2 is 1.88 bits per heavy atom. The molecule has 0 unspecified atom stereocenters. The Morgan fingerprint density at radius 1 is 1.12 bits per heavy atom. The molecule has 0 bridgehead atoms. The zero-order chi connectivity index (χ0) is 23.8. The van der Waals surface area contributed by atoms with Gasteiger partial charge in [-0.05, 0) is 36.8 Å². The number of carbonyl (C=O) groups is 1. The van der Waals surface area contributed by atoms with Crippen molar-refractivity contribution in [2.24, 2.45) is 0 Å². The number of aryl methyl sites for hydroxylation is 1. The molecule has 5 rings (SSSR count). The number of nitrogens with zero attached hydrogens (tertiary/aromatic N) is 4. The van der Waals surface area contributed by atoms with E-state index in [1.165, 1.54) is 13.3 Å². The van der Waals surface area contributed by atoms with Crippen LogP contribution in [0.3, 0.4) is 0 Å². The number of esters is 1. The number of benzene rings is 2. The van der Waals surface area contributed by atoms with Crippen LogP contribution in [-0.2, 0) is 15.9 Å². The SMILES string of the molecule is CCCc1nc2c(C(=O)OC)cc(N3CCOCC3)cc2n1-c1ccnc2c(F)ccc(F)c12. The van der Waals surface area contributed by atoms with Crippen molar-refractivity contribution in [2.75, 3.05) is 38.3 Å². The number of methoxy groups -OCH3 is 1. The van der Waals surface area contributed by atoms with Crippen molar-refractivity contribution in [1.82, 2.24) is 14.5 Å². The Kier molecular flexibility index (Phi) is 5.87. The first-order valence-corrected chi connectivity index (χ1v) is 11.2. The van der Waals surface area contributed by atoms with Crippen LogP contribution in [0.25, 0.3) is 27.6 Å². The minimum atomic E-state index is -0.607. The molecule has 2 aromatic heterocycles. The van der Waals surface area contributed by atoms with Crippen LogP contribution in [0.5, 0.6) is 0 Å². The fraction of sp³-hybridized carbons (Fsp3) is 0.320. The van der Waals surface area contributed by atoms with Gasteiger partial charge in [-0.2, -0.15) is 0 Å². The second-order valence-corrected chi connectivity index (χ2v) is 8.15. The molecule has 1 aliphatic heterocycles. The molecule has 1 aliphatic rings. The van der Waals surface area contributed by atoms with Crippen LogP contribution in [0.1, 0.15) is 29.5 Å². The molecule has 3 heterocycles.